The number of anilines is 1. The molecule has 112 valence electrons. The Labute approximate surface area is 125 Å². The van der Waals surface area contributed by atoms with Crippen LogP contribution in [0.4, 0.5) is 5.69 Å². The van der Waals surface area contributed by atoms with Crippen molar-refractivity contribution >= 4 is 17.3 Å². The van der Waals surface area contributed by atoms with E-state index in [1.165, 1.54) is 19.3 Å². The van der Waals surface area contributed by atoms with Crippen LogP contribution < -0.4 is 10.9 Å². The van der Waals surface area contributed by atoms with Crippen LogP contribution >= 0.6 is 11.6 Å². The highest BCUT2D eigenvalue weighted by molar-refractivity contribution is 6.33. The normalized spacial score (nSPS) is 18.4. The number of nitrogens with one attached hydrogen (secondary N) is 1. The Morgan fingerprint density at radius 3 is 2.75 bits per heavy atom. The Kier molecular flexibility index (Phi) is 5.08. The molecule has 0 aromatic carbocycles. The minimum absolute atomic E-state index is 0.0976. The zero-order valence-electron chi connectivity index (χ0n) is 12.5. The second-order valence-electron chi connectivity index (χ2n) is 5.97. The summed E-state index contributed by atoms with van der Waals surface area (Å²) in [5, 5.41) is 7.85. The topological polar surface area (TPSA) is 46.9 Å². The van der Waals surface area contributed by atoms with Crippen LogP contribution in [0.1, 0.15) is 46.5 Å². The Bertz CT molecular complexity index is 510. The van der Waals surface area contributed by atoms with Crippen molar-refractivity contribution in [1.82, 2.24) is 9.78 Å². The lowest BCUT2D eigenvalue weighted by atomic mass is 9.85. The Morgan fingerprint density at radius 2 is 2.20 bits per heavy atom. The first kappa shape index (κ1) is 15.4. The van der Waals surface area contributed by atoms with Gasteiger partial charge < -0.3 is 5.32 Å². The molecule has 2 rings (SSSR count). The van der Waals surface area contributed by atoms with Gasteiger partial charge in [0.2, 0.25) is 0 Å². The molecule has 0 spiro atoms. The molecule has 0 amide bonds. The van der Waals surface area contributed by atoms with Gasteiger partial charge in [0, 0.05) is 12.6 Å². The van der Waals surface area contributed by atoms with Crippen LogP contribution in [0.2, 0.25) is 5.02 Å². The summed E-state index contributed by atoms with van der Waals surface area (Å²) in [5.74, 6) is 1.08. The molecule has 1 aromatic heterocycles. The first-order chi connectivity index (χ1) is 9.52. The third-order valence-electron chi connectivity index (χ3n) is 4.52. The van der Waals surface area contributed by atoms with E-state index in [0.29, 0.717) is 29.1 Å². The van der Waals surface area contributed by atoms with Gasteiger partial charge in [0.25, 0.3) is 5.56 Å². The Morgan fingerprint density at radius 1 is 1.50 bits per heavy atom. The van der Waals surface area contributed by atoms with E-state index in [4.69, 9.17) is 11.6 Å². The molecule has 4 nitrogen and oxygen atoms in total. The highest BCUT2D eigenvalue weighted by atomic mass is 35.5. The van der Waals surface area contributed by atoms with Crippen LogP contribution in [0.5, 0.6) is 0 Å². The number of halogens is 1. The third-order valence-corrected chi connectivity index (χ3v) is 4.81. The average molecular weight is 298 g/mol. The molecule has 0 saturated heterocycles. The second-order valence-corrected chi connectivity index (χ2v) is 6.38. The molecule has 1 N–H and O–H groups in total. The first-order valence-electron chi connectivity index (χ1n) is 7.55. The van der Waals surface area contributed by atoms with Gasteiger partial charge in [-0.05, 0) is 31.6 Å². The molecule has 5 heteroatoms. The summed E-state index contributed by atoms with van der Waals surface area (Å²) in [6, 6.07) is 0.213. The summed E-state index contributed by atoms with van der Waals surface area (Å²) >= 11 is 6.14. The van der Waals surface area contributed by atoms with Crippen molar-refractivity contribution in [2.24, 2.45) is 11.8 Å². The van der Waals surface area contributed by atoms with Gasteiger partial charge in [0.15, 0.2) is 0 Å². The fourth-order valence-electron chi connectivity index (χ4n) is 2.37. The van der Waals surface area contributed by atoms with Crippen LogP contribution in [0.15, 0.2) is 11.0 Å². The number of hydrogen-bond acceptors (Lipinski definition) is 3. The Balaban J connectivity index is 2.18. The maximum atomic E-state index is 12.5. The maximum absolute atomic E-state index is 12.5. The summed E-state index contributed by atoms with van der Waals surface area (Å²) in [6.07, 6.45) is 6.30. The molecule has 1 fully saturated rings. The molecule has 1 saturated carbocycles. The van der Waals surface area contributed by atoms with Gasteiger partial charge in [-0.15, -0.1) is 0 Å². The predicted molar refractivity (Wildman–Crippen MR) is 83.4 cm³/mol. The molecule has 0 bridgehead atoms. The van der Waals surface area contributed by atoms with Gasteiger partial charge in [0.1, 0.15) is 5.69 Å². The maximum Gasteiger partial charge on any atom is 0.291 e. The summed E-state index contributed by atoms with van der Waals surface area (Å²) in [7, 11) is 0. The van der Waals surface area contributed by atoms with Crippen molar-refractivity contribution in [3.8, 4) is 0 Å². The fraction of sp³-hybridized carbons (Fsp3) is 0.733. The van der Waals surface area contributed by atoms with Gasteiger partial charge in [-0.3, -0.25) is 4.79 Å². The van der Waals surface area contributed by atoms with E-state index in [1.54, 1.807) is 10.9 Å². The zero-order valence-corrected chi connectivity index (χ0v) is 13.3. The summed E-state index contributed by atoms with van der Waals surface area (Å²) in [5.41, 5.74) is 0.397. The van der Waals surface area contributed by atoms with Crippen LogP contribution in [0, 0.1) is 11.8 Å². The van der Waals surface area contributed by atoms with Crippen LogP contribution in [0.25, 0.3) is 0 Å². The lowest BCUT2D eigenvalue weighted by Gasteiger charge is -2.26. The van der Waals surface area contributed by atoms with Crippen molar-refractivity contribution in [3.63, 3.8) is 0 Å². The molecule has 1 aliphatic rings. The van der Waals surface area contributed by atoms with E-state index < -0.39 is 0 Å². The first-order valence-corrected chi connectivity index (χ1v) is 7.92. The minimum Gasteiger partial charge on any atom is -0.377 e. The molecular formula is C15H24ClN3O. The van der Waals surface area contributed by atoms with Crippen molar-refractivity contribution in [3.05, 3.63) is 21.6 Å². The van der Waals surface area contributed by atoms with Crippen molar-refractivity contribution in [2.45, 2.75) is 59.0 Å². The molecule has 0 radical (unpaired) electrons. The van der Waals surface area contributed by atoms with Crippen LogP contribution in [-0.2, 0) is 6.54 Å². The molecule has 1 heterocycles. The molecule has 1 aromatic rings. The second kappa shape index (κ2) is 6.61. The zero-order chi connectivity index (χ0) is 14.7. The fourth-order valence-corrected chi connectivity index (χ4v) is 2.55. The standard InChI is InChI=1S/C15H24ClN3O/c1-4-10(2)11(3)18-14-13(16)8-17-19(15(14)20)9-12-6-5-7-12/h8,10-12,18H,4-7,9H2,1-3H3. The number of hydrogen-bond donors (Lipinski definition) is 1. The highest BCUT2D eigenvalue weighted by Gasteiger charge is 2.21. The molecule has 2 unspecified atom stereocenters. The van der Waals surface area contributed by atoms with Crippen molar-refractivity contribution in [1.29, 1.82) is 0 Å². The quantitative estimate of drug-likeness (QED) is 0.873. The third kappa shape index (κ3) is 3.35. The van der Waals surface area contributed by atoms with E-state index in [-0.39, 0.29) is 11.6 Å². The van der Waals surface area contributed by atoms with Crippen molar-refractivity contribution in [2.75, 3.05) is 5.32 Å². The molecule has 0 aliphatic heterocycles. The number of aromatic nitrogens is 2. The van der Waals surface area contributed by atoms with Gasteiger partial charge in [-0.1, -0.05) is 38.3 Å². The molecule has 20 heavy (non-hydrogen) atoms. The van der Waals surface area contributed by atoms with E-state index in [0.717, 1.165) is 6.42 Å². The van der Waals surface area contributed by atoms with Gasteiger partial charge >= 0.3 is 0 Å². The van der Waals surface area contributed by atoms with Gasteiger partial charge in [0.05, 0.1) is 11.2 Å². The van der Waals surface area contributed by atoms with Gasteiger partial charge in [-0.2, -0.15) is 5.10 Å². The summed E-state index contributed by atoms with van der Waals surface area (Å²) in [4.78, 5) is 12.5. The molecule has 2 atom stereocenters. The minimum atomic E-state index is -0.0976. The molecule has 1 aliphatic carbocycles. The van der Waals surface area contributed by atoms with Crippen LogP contribution in [0.3, 0.4) is 0 Å². The lowest BCUT2D eigenvalue weighted by molar-refractivity contribution is 0.262. The van der Waals surface area contributed by atoms with E-state index in [1.807, 2.05) is 0 Å². The lowest BCUT2D eigenvalue weighted by Crippen LogP contribution is -2.33. The van der Waals surface area contributed by atoms with Gasteiger partial charge in [-0.25, -0.2) is 4.68 Å². The SMILES string of the molecule is CCC(C)C(C)Nc1c(Cl)cnn(CC2CCC2)c1=O. The van der Waals surface area contributed by atoms with Crippen LogP contribution in [-0.4, -0.2) is 15.8 Å². The highest BCUT2D eigenvalue weighted by Crippen LogP contribution is 2.27. The average Bonchev–Trinajstić information content (AvgIpc) is 2.39. The van der Waals surface area contributed by atoms with Crippen molar-refractivity contribution < 1.29 is 0 Å². The predicted octanol–water partition coefficient (Wildman–Crippen LogP) is 3.54. The van der Waals surface area contributed by atoms with E-state index in [2.05, 4.69) is 31.2 Å². The monoisotopic (exact) mass is 297 g/mol. The van der Waals surface area contributed by atoms with E-state index in [9.17, 15) is 4.79 Å². The smallest absolute Gasteiger partial charge is 0.291 e. The largest absolute Gasteiger partial charge is 0.377 e. The number of nitrogens with zero attached hydrogens (tertiary/aromatic N) is 2. The summed E-state index contributed by atoms with van der Waals surface area (Å²) in [6.45, 7) is 7.11. The molecular weight excluding hydrogens is 274 g/mol. The Hall–Kier alpha value is -1.03. The number of rotatable bonds is 6. The van der Waals surface area contributed by atoms with E-state index >= 15 is 0 Å². The summed E-state index contributed by atoms with van der Waals surface area (Å²) < 4.78 is 1.56.